The van der Waals surface area contributed by atoms with Gasteiger partial charge < -0.3 is 4.74 Å². The van der Waals surface area contributed by atoms with Crippen molar-refractivity contribution in [2.75, 3.05) is 6.61 Å². The monoisotopic (exact) mass is 290 g/mol. The normalized spacial score (nSPS) is 10.4. The fourth-order valence-corrected chi connectivity index (χ4v) is 2.39. The minimum Gasteiger partial charge on any atom is -0.481 e. The molecular weight excluding hydrogens is 276 g/mol. The molecule has 1 aromatic heterocycles. The molecular formula is C18H14N2O2. The number of benzene rings is 2. The van der Waals surface area contributed by atoms with Crippen molar-refractivity contribution >= 4 is 10.9 Å². The smallest absolute Gasteiger partial charge is 0.265 e. The number of hydrogen-bond acceptors (Lipinski definition) is 3. The van der Waals surface area contributed by atoms with Gasteiger partial charge in [-0.15, -0.1) is 6.42 Å². The van der Waals surface area contributed by atoms with Crippen LogP contribution in [-0.4, -0.2) is 16.2 Å². The summed E-state index contributed by atoms with van der Waals surface area (Å²) in [5, 5.41) is 0.586. The molecule has 0 atom stereocenters. The van der Waals surface area contributed by atoms with Crippen molar-refractivity contribution in [1.29, 1.82) is 0 Å². The second-order valence-electron chi connectivity index (χ2n) is 4.81. The topological polar surface area (TPSA) is 44.1 Å². The van der Waals surface area contributed by atoms with Gasteiger partial charge in [-0.3, -0.25) is 9.36 Å². The Hall–Kier alpha value is -3.06. The van der Waals surface area contributed by atoms with E-state index in [1.165, 1.54) is 0 Å². The van der Waals surface area contributed by atoms with Crippen LogP contribution in [0.2, 0.25) is 0 Å². The molecule has 0 fully saturated rings. The second-order valence-corrected chi connectivity index (χ2v) is 4.81. The van der Waals surface area contributed by atoms with Crippen LogP contribution in [0.3, 0.4) is 0 Å². The predicted molar refractivity (Wildman–Crippen MR) is 86.4 cm³/mol. The predicted octanol–water partition coefficient (Wildman–Crippen LogP) is 2.71. The van der Waals surface area contributed by atoms with Crippen molar-refractivity contribution in [3.05, 3.63) is 64.7 Å². The van der Waals surface area contributed by atoms with Crippen molar-refractivity contribution in [1.82, 2.24) is 9.55 Å². The number of rotatable bonds is 3. The zero-order valence-electron chi connectivity index (χ0n) is 12.1. The zero-order chi connectivity index (χ0) is 15.5. The van der Waals surface area contributed by atoms with E-state index in [1.807, 2.05) is 37.3 Å². The highest BCUT2D eigenvalue weighted by Gasteiger charge is 2.10. The molecule has 0 unspecified atom stereocenters. The first-order valence-electron chi connectivity index (χ1n) is 6.86. The van der Waals surface area contributed by atoms with Crippen LogP contribution < -0.4 is 10.3 Å². The first-order chi connectivity index (χ1) is 10.7. The third kappa shape index (κ3) is 2.45. The average Bonchev–Trinajstić information content (AvgIpc) is 2.53. The van der Waals surface area contributed by atoms with Crippen LogP contribution in [-0.2, 0) is 0 Å². The lowest BCUT2D eigenvalue weighted by Gasteiger charge is -2.12. The molecule has 0 amide bonds. The standard InChI is InChI=1S/C18H14N2O2/c1-3-11-22-15-8-6-7-14(12-15)20-13(2)19-17-10-5-4-9-16(17)18(20)21/h1,4-10,12H,11H2,2H3. The van der Waals surface area contributed by atoms with E-state index in [1.54, 1.807) is 22.8 Å². The Morgan fingerprint density at radius 3 is 2.86 bits per heavy atom. The number of para-hydroxylation sites is 1. The lowest BCUT2D eigenvalue weighted by Crippen LogP contribution is -2.22. The van der Waals surface area contributed by atoms with Crippen molar-refractivity contribution in [2.45, 2.75) is 6.92 Å². The number of aromatic nitrogens is 2. The van der Waals surface area contributed by atoms with Gasteiger partial charge in [0.1, 0.15) is 18.2 Å². The average molecular weight is 290 g/mol. The number of nitrogens with zero attached hydrogens (tertiary/aromatic N) is 2. The summed E-state index contributed by atoms with van der Waals surface area (Å²) >= 11 is 0. The van der Waals surface area contributed by atoms with Crippen molar-refractivity contribution in [2.24, 2.45) is 0 Å². The van der Waals surface area contributed by atoms with Gasteiger partial charge in [0, 0.05) is 6.07 Å². The molecule has 0 N–H and O–H groups in total. The van der Waals surface area contributed by atoms with Gasteiger partial charge in [-0.2, -0.15) is 0 Å². The lowest BCUT2D eigenvalue weighted by atomic mass is 10.2. The maximum absolute atomic E-state index is 12.7. The van der Waals surface area contributed by atoms with Crippen LogP contribution >= 0.6 is 0 Å². The largest absolute Gasteiger partial charge is 0.481 e. The first kappa shape index (κ1) is 13.9. The maximum Gasteiger partial charge on any atom is 0.265 e. The highest BCUT2D eigenvalue weighted by atomic mass is 16.5. The van der Waals surface area contributed by atoms with Crippen molar-refractivity contribution in [3.8, 4) is 23.8 Å². The fraction of sp³-hybridized carbons (Fsp3) is 0.111. The van der Waals surface area contributed by atoms with Gasteiger partial charge in [-0.1, -0.05) is 24.1 Å². The Kier molecular flexibility index (Phi) is 3.63. The molecule has 0 radical (unpaired) electrons. The number of fused-ring (bicyclic) bond motifs is 1. The second kappa shape index (κ2) is 5.74. The summed E-state index contributed by atoms with van der Waals surface area (Å²) in [6, 6.07) is 14.6. The van der Waals surface area contributed by atoms with Crippen LogP contribution in [0.15, 0.2) is 53.3 Å². The molecule has 0 saturated heterocycles. The molecule has 4 nitrogen and oxygen atoms in total. The summed E-state index contributed by atoms with van der Waals surface area (Å²) in [4.78, 5) is 17.2. The number of terminal acetylenes is 1. The van der Waals surface area contributed by atoms with E-state index >= 15 is 0 Å². The van der Waals surface area contributed by atoms with Gasteiger partial charge in [-0.05, 0) is 31.2 Å². The summed E-state index contributed by atoms with van der Waals surface area (Å²) in [5.41, 5.74) is 1.30. The van der Waals surface area contributed by atoms with E-state index in [4.69, 9.17) is 11.2 Å². The number of ether oxygens (including phenoxy) is 1. The minimum absolute atomic E-state index is 0.0998. The molecule has 108 valence electrons. The molecule has 0 spiro atoms. The minimum atomic E-state index is -0.0998. The quantitative estimate of drug-likeness (QED) is 0.697. The Morgan fingerprint density at radius 2 is 2.05 bits per heavy atom. The van der Waals surface area contributed by atoms with Crippen LogP contribution in [0.1, 0.15) is 5.82 Å². The van der Waals surface area contributed by atoms with Crippen LogP contribution in [0.5, 0.6) is 5.75 Å². The molecule has 0 aliphatic rings. The number of hydrogen-bond donors (Lipinski definition) is 0. The summed E-state index contributed by atoms with van der Waals surface area (Å²) < 4.78 is 6.99. The summed E-state index contributed by atoms with van der Waals surface area (Å²) in [6.07, 6.45) is 5.20. The Morgan fingerprint density at radius 1 is 1.23 bits per heavy atom. The van der Waals surface area contributed by atoms with Gasteiger partial charge in [0.05, 0.1) is 16.6 Å². The molecule has 0 bridgehead atoms. The Bertz CT molecular complexity index is 936. The summed E-state index contributed by atoms with van der Waals surface area (Å²) in [6.45, 7) is 2.00. The molecule has 0 saturated carbocycles. The van der Waals surface area contributed by atoms with E-state index in [2.05, 4.69) is 10.9 Å². The first-order valence-corrected chi connectivity index (χ1v) is 6.86. The van der Waals surface area contributed by atoms with E-state index in [-0.39, 0.29) is 12.2 Å². The van der Waals surface area contributed by atoms with E-state index in [9.17, 15) is 4.79 Å². The summed E-state index contributed by atoms with van der Waals surface area (Å²) in [7, 11) is 0. The van der Waals surface area contributed by atoms with Crippen LogP contribution in [0.25, 0.3) is 16.6 Å². The Labute approximate surface area is 128 Å². The molecule has 0 aliphatic heterocycles. The SMILES string of the molecule is C#CCOc1cccc(-n2c(C)nc3ccccc3c2=O)c1. The van der Waals surface area contributed by atoms with Crippen LogP contribution in [0.4, 0.5) is 0 Å². The summed E-state index contributed by atoms with van der Waals surface area (Å²) in [5.74, 6) is 3.66. The third-order valence-corrected chi connectivity index (χ3v) is 3.34. The molecule has 3 aromatic rings. The lowest BCUT2D eigenvalue weighted by molar-refractivity contribution is 0.370. The molecule has 2 aromatic carbocycles. The van der Waals surface area contributed by atoms with Gasteiger partial charge in [0.15, 0.2) is 0 Å². The van der Waals surface area contributed by atoms with Gasteiger partial charge in [0.2, 0.25) is 0 Å². The maximum atomic E-state index is 12.7. The Balaban J connectivity index is 2.18. The molecule has 3 rings (SSSR count). The number of aryl methyl sites for hydroxylation is 1. The van der Waals surface area contributed by atoms with Crippen LogP contribution in [0, 0.1) is 19.3 Å². The van der Waals surface area contributed by atoms with E-state index in [0.717, 1.165) is 0 Å². The highest BCUT2D eigenvalue weighted by molar-refractivity contribution is 5.77. The molecule has 22 heavy (non-hydrogen) atoms. The van der Waals surface area contributed by atoms with Gasteiger partial charge >= 0.3 is 0 Å². The van der Waals surface area contributed by atoms with Crippen molar-refractivity contribution in [3.63, 3.8) is 0 Å². The molecule has 1 heterocycles. The van der Waals surface area contributed by atoms with E-state index < -0.39 is 0 Å². The van der Waals surface area contributed by atoms with Gasteiger partial charge in [-0.25, -0.2) is 4.98 Å². The van der Waals surface area contributed by atoms with E-state index in [0.29, 0.717) is 28.2 Å². The molecule has 0 aliphatic carbocycles. The highest BCUT2D eigenvalue weighted by Crippen LogP contribution is 2.18. The van der Waals surface area contributed by atoms with Crippen molar-refractivity contribution < 1.29 is 4.74 Å². The molecule has 4 heteroatoms. The fourth-order valence-electron chi connectivity index (χ4n) is 2.39. The zero-order valence-corrected chi connectivity index (χ0v) is 12.1. The van der Waals surface area contributed by atoms with Gasteiger partial charge in [0.25, 0.3) is 5.56 Å². The third-order valence-electron chi connectivity index (χ3n) is 3.34.